The van der Waals surface area contributed by atoms with Crippen molar-refractivity contribution >= 4 is 0 Å². The van der Waals surface area contributed by atoms with E-state index in [1.54, 1.807) is 25.1 Å². The number of pyridine rings is 1. The van der Waals surface area contributed by atoms with E-state index in [1.165, 1.54) is 0 Å². The van der Waals surface area contributed by atoms with Crippen molar-refractivity contribution in [3.8, 4) is 11.6 Å². The van der Waals surface area contributed by atoms with E-state index >= 15 is 0 Å². The van der Waals surface area contributed by atoms with E-state index in [0.717, 1.165) is 11.3 Å². The highest BCUT2D eigenvalue weighted by Gasteiger charge is 2.13. The van der Waals surface area contributed by atoms with Crippen molar-refractivity contribution in [2.45, 2.75) is 27.4 Å². The summed E-state index contributed by atoms with van der Waals surface area (Å²) in [4.78, 5) is 4.22. The lowest BCUT2D eigenvalue weighted by atomic mass is 10.1. The Kier molecular flexibility index (Phi) is 3.81. The Morgan fingerprint density at radius 2 is 1.95 bits per heavy atom. The SMILES string of the molecule is Cc1cc(C)c(CO)c(Oc2cccc(C)c2F)n1. The molecule has 4 heteroatoms. The lowest BCUT2D eigenvalue weighted by Gasteiger charge is -2.13. The monoisotopic (exact) mass is 261 g/mol. The molecule has 0 aliphatic rings. The van der Waals surface area contributed by atoms with E-state index < -0.39 is 5.82 Å². The molecule has 1 aromatic heterocycles. The van der Waals surface area contributed by atoms with Gasteiger partial charge in [0.1, 0.15) is 0 Å². The van der Waals surface area contributed by atoms with Gasteiger partial charge < -0.3 is 9.84 Å². The summed E-state index contributed by atoms with van der Waals surface area (Å²) < 4.78 is 19.4. The third-order valence-electron chi connectivity index (χ3n) is 2.96. The van der Waals surface area contributed by atoms with Gasteiger partial charge in [0.2, 0.25) is 5.88 Å². The highest BCUT2D eigenvalue weighted by atomic mass is 19.1. The molecule has 0 atom stereocenters. The van der Waals surface area contributed by atoms with E-state index in [4.69, 9.17) is 4.74 Å². The van der Waals surface area contributed by atoms with Crippen LogP contribution in [0.15, 0.2) is 24.3 Å². The Bertz CT molecular complexity index is 611. The van der Waals surface area contributed by atoms with Gasteiger partial charge in [0.05, 0.1) is 6.61 Å². The van der Waals surface area contributed by atoms with E-state index in [-0.39, 0.29) is 18.2 Å². The number of hydrogen-bond acceptors (Lipinski definition) is 3. The minimum Gasteiger partial charge on any atom is -0.436 e. The second-order valence-corrected chi connectivity index (χ2v) is 4.51. The first-order valence-corrected chi connectivity index (χ1v) is 6.04. The smallest absolute Gasteiger partial charge is 0.225 e. The quantitative estimate of drug-likeness (QED) is 0.920. The molecule has 1 heterocycles. The van der Waals surface area contributed by atoms with Crippen LogP contribution in [0.2, 0.25) is 0 Å². The highest BCUT2D eigenvalue weighted by molar-refractivity contribution is 5.39. The van der Waals surface area contributed by atoms with Crippen molar-refractivity contribution in [2.75, 3.05) is 0 Å². The lowest BCUT2D eigenvalue weighted by molar-refractivity contribution is 0.273. The van der Waals surface area contributed by atoms with Crippen LogP contribution < -0.4 is 4.74 Å². The molecule has 100 valence electrons. The van der Waals surface area contributed by atoms with Crippen LogP contribution in [0, 0.1) is 26.6 Å². The molecule has 0 saturated carbocycles. The van der Waals surface area contributed by atoms with Crippen molar-refractivity contribution in [1.29, 1.82) is 0 Å². The van der Waals surface area contributed by atoms with Gasteiger partial charge in [-0.2, -0.15) is 0 Å². The second-order valence-electron chi connectivity index (χ2n) is 4.51. The van der Waals surface area contributed by atoms with Gasteiger partial charge in [-0.25, -0.2) is 9.37 Å². The van der Waals surface area contributed by atoms with Gasteiger partial charge in [-0.15, -0.1) is 0 Å². The molecular formula is C15H16FNO2. The number of ether oxygens (including phenoxy) is 1. The molecule has 1 N–H and O–H groups in total. The summed E-state index contributed by atoms with van der Waals surface area (Å²) in [6.07, 6.45) is 0. The Labute approximate surface area is 111 Å². The summed E-state index contributed by atoms with van der Waals surface area (Å²) in [5, 5.41) is 9.38. The molecule has 2 aromatic rings. The molecule has 0 radical (unpaired) electrons. The van der Waals surface area contributed by atoms with Gasteiger partial charge in [0, 0.05) is 11.3 Å². The average molecular weight is 261 g/mol. The van der Waals surface area contributed by atoms with E-state index in [0.29, 0.717) is 11.1 Å². The zero-order valence-electron chi connectivity index (χ0n) is 11.2. The zero-order valence-corrected chi connectivity index (χ0v) is 11.2. The molecule has 0 amide bonds. The molecule has 0 bridgehead atoms. The molecule has 19 heavy (non-hydrogen) atoms. The van der Waals surface area contributed by atoms with Crippen molar-refractivity contribution in [1.82, 2.24) is 4.98 Å². The number of aliphatic hydroxyl groups is 1. The molecule has 3 nitrogen and oxygen atoms in total. The van der Waals surface area contributed by atoms with Crippen LogP contribution >= 0.6 is 0 Å². The van der Waals surface area contributed by atoms with Crippen LogP contribution in [0.3, 0.4) is 0 Å². The Hall–Kier alpha value is -1.94. The summed E-state index contributed by atoms with van der Waals surface area (Å²) in [6.45, 7) is 5.17. The van der Waals surface area contributed by atoms with Gasteiger partial charge in [-0.05, 0) is 44.0 Å². The third-order valence-corrected chi connectivity index (χ3v) is 2.96. The average Bonchev–Trinajstić information content (AvgIpc) is 2.34. The third kappa shape index (κ3) is 2.74. The second kappa shape index (κ2) is 5.36. The first-order chi connectivity index (χ1) is 9.02. The van der Waals surface area contributed by atoms with Crippen LogP contribution in [0.1, 0.15) is 22.4 Å². The highest BCUT2D eigenvalue weighted by Crippen LogP contribution is 2.29. The van der Waals surface area contributed by atoms with Crippen molar-refractivity contribution in [2.24, 2.45) is 0 Å². The lowest BCUT2D eigenvalue weighted by Crippen LogP contribution is -2.01. The molecule has 0 aliphatic heterocycles. The van der Waals surface area contributed by atoms with Crippen LogP contribution in [0.25, 0.3) is 0 Å². The summed E-state index contributed by atoms with van der Waals surface area (Å²) in [6, 6.07) is 6.78. The number of aryl methyl sites for hydroxylation is 3. The minimum absolute atomic E-state index is 0.118. The standard InChI is InChI=1S/C15H16FNO2/c1-9-5-4-6-13(14(9)16)19-15-12(8-18)10(2)7-11(3)17-15/h4-7,18H,8H2,1-3H3. The number of halogens is 1. The number of nitrogens with zero attached hydrogens (tertiary/aromatic N) is 1. The number of aromatic nitrogens is 1. The van der Waals surface area contributed by atoms with Gasteiger partial charge in [-0.3, -0.25) is 0 Å². The van der Waals surface area contributed by atoms with E-state index in [1.807, 2.05) is 19.9 Å². The molecule has 2 rings (SSSR count). The molecular weight excluding hydrogens is 245 g/mol. The van der Waals surface area contributed by atoms with Crippen molar-refractivity contribution in [3.63, 3.8) is 0 Å². The largest absolute Gasteiger partial charge is 0.436 e. The van der Waals surface area contributed by atoms with E-state index in [2.05, 4.69) is 4.98 Å². The van der Waals surface area contributed by atoms with Crippen LogP contribution in [-0.4, -0.2) is 10.1 Å². The van der Waals surface area contributed by atoms with Gasteiger partial charge in [-0.1, -0.05) is 12.1 Å². The fraction of sp³-hybridized carbons (Fsp3) is 0.267. The molecule has 0 spiro atoms. The number of aliphatic hydroxyl groups excluding tert-OH is 1. The fourth-order valence-electron chi connectivity index (χ4n) is 1.91. The van der Waals surface area contributed by atoms with Crippen molar-refractivity contribution < 1.29 is 14.2 Å². The van der Waals surface area contributed by atoms with Gasteiger partial charge >= 0.3 is 0 Å². The van der Waals surface area contributed by atoms with Gasteiger partial charge in [0.15, 0.2) is 11.6 Å². The predicted octanol–water partition coefficient (Wildman–Crippen LogP) is 3.43. The maximum Gasteiger partial charge on any atom is 0.225 e. The molecule has 0 aliphatic carbocycles. The predicted molar refractivity (Wildman–Crippen MR) is 70.8 cm³/mol. The summed E-state index contributed by atoms with van der Waals surface area (Å²) in [7, 11) is 0. The normalized spacial score (nSPS) is 10.6. The molecule has 1 aromatic carbocycles. The Morgan fingerprint density at radius 3 is 2.63 bits per heavy atom. The first-order valence-electron chi connectivity index (χ1n) is 6.04. The van der Waals surface area contributed by atoms with Crippen LogP contribution in [0.4, 0.5) is 4.39 Å². The summed E-state index contributed by atoms with van der Waals surface area (Å²) >= 11 is 0. The fourth-order valence-corrected chi connectivity index (χ4v) is 1.91. The maximum absolute atomic E-state index is 13.9. The van der Waals surface area contributed by atoms with Gasteiger partial charge in [0.25, 0.3) is 0 Å². The minimum atomic E-state index is -0.410. The van der Waals surface area contributed by atoms with Crippen LogP contribution in [-0.2, 0) is 6.61 Å². The van der Waals surface area contributed by atoms with E-state index in [9.17, 15) is 9.50 Å². The summed E-state index contributed by atoms with van der Waals surface area (Å²) in [5.41, 5.74) is 2.72. The maximum atomic E-state index is 13.9. The topological polar surface area (TPSA) is 42.4 Å². The number of rotatable bonds is 3. The number of hydrogen-bond donors (Lipinski definition) is 1. The first kappa shape index (κ1) is 13.5. The molecule has 0 saturated heterocycles. The number of benzene rings is 1. The zero-order chi connectivity index (χ0) is 14.0. The molecule has 0 fully saturated rings. The Balaban J connectivity index is 2.46. The Morgan fingerprint density at radius 1 is 1.21 bits per heavy atom. The van der Waals surface area contributed by atoms with Crippen molar-refractivity contribution in [3.05, 3.63) is 52.5 Å². The summed E-state index contributed by atoms with van der Waals surface area (Å²) in [5.74, 6) is -0.0379. The molecule has 0 unspecified atom stereocenters. The van der Waals surface area contributed by atoms with Crippen LogP contribution in [0.5, 0.6) is 11.6 Å².